The summed E-state index contributed by atoms with van der Waals surface area (Å²) in [5, 5.41) is 5.63. The fourth-order valence-corrected chi connectivity index (χ4v) is 3.21. The van der Waals surface area contributed by atoms with E-state index in [1.165, 1.54) is 12.3 Å². The van der Waals surface area contributed by atoms with E-state index in [1.807, 2.05) is 0 Å². The van der Waals surface area contributed by atoms with Gasteiger partial charge < -0.3 is 24.8 Å². The lowest BCUT2D eigenvalue weighted by Gasteiger charge is -2.09. The molecule has 1 aliphatic heterocycles. The standard InChI is InChI=1S/C19H19N3O6S/c1-2-20-16(23)9-26-19(25)13-4-3-7-21-18(13)29-10-17(24)22-12-5-6-14-15(8-12)28-11-27-14/h3-8H,2,9-11H2,1H3,(H,20,23)(H,22,24). The van der Waals surface area contributed by atoms with Crippen molar-refractivity contribution in [2.45, 2.75) is 11.9 Å². The van der Waals surface area contributed by atoms with Gasteiger partial charge in [-0.25, -0.2) is 9.78 Å². The first-order valence-corrected chi connectivity index (χ1v) is 9.76. The minimum Gasteiger partial charge on any atom is -0.454 e. The summed E-state index contributed by atoms with van der Waals surface area (Å²) >= 11 is 1.09. The van der Waals surface area contributed by atoms with Crippen LogP contribution in [0.15, 0.2) is 41.6 Å². The number of amides is 2. The number of pyridine rings is 1. The quantitative estimate of drug-likeness (QED) is 0.494. The number of nitrogens with zero attached hydrogens (tertiary/aromatic N) is 1. The van der Waals surface area contributed by atoms with Gasteiger partial charge in [0.2, 0.25) is 12.7 Å². The summed E-state index contributed by atoms with van der Waals surface area (Å²) in [5.41, 5.74) is 0.764. The summed E-state index contributed by atoms with van der Waals surface area (Å²) in [7, 11) is 0. The molecule has 10 heteroatoms. The molecule has 0 bridgehead atoms. The zero-order chi connectivity index (χ0) is 20.6. The van der Waals surface area contributed by atoms with Gasteiger partial charge in [-0.2, -0.15) is 0 Å². The number of carbonyl (C=O) groups excluding carboxylic acids is 3. The second-order valence-corrected chi connectivity index (χ2v) is 6.75. The van der Waals surface area contributed by atoms with E-state index in [9.17, 15) is 14.4 Å². The number of anilines is 1. The molecule has 2 amide bonds. The SMILES string of the molecule is CCNC(=O)COC(=O)c1cccnc1SCC(=O)Nc1ccc2c(c1)OCO2. The first kappa shape index (κ1) is 20.5. The number of nitrogens with one attached hydrogen (secondary N) is 2. The Hall–Kier alpha value is -3.27. The van der Waals surface area contributed by atoms with E-state index in [2.05, 4.69) is 15.6 Å². The summed E-state index contributed by atoms with van der Waals surface area (Å²) in [6, 6.07) is 8.22. The lowest BCUT2D eigenvalue weighted by Crippen LogP contribution is -2.28. The number of fused-ring (bicyclic) bond motifs is 1. The molecule has 1 aliphatic rings. The van der Waals surface area contributed by atoms with Crippen LogP contribution in [0.2, 0.25) is 0 Å². The van der Waals surface area contributed by atoms with Crippen molar-refractivity contribution in [2.75, 3.05) is 31.0 Å². The van der Waals surface area contributed by atoms with Crippen LogP contribution in [0.25, 0.3) is 0 Å². The summed E-state index contributed by atoms with van der Waals surface area (Å²) < 4.78 is 15.5. The molecule has 3 rings (SSSR count). The van der Waals surface area contributed by atoms with E-state index in [0.29, 0.717) is 28.8 Å². The molecule has 152 valence electrons. The van der Waals surface area contributed by atoms with E-state index in [4.69, 9.17) is 14.2 Å². The lowest BCUT2D eigenvalue weighted by atomic mass is 10.3. The first-order chi connectivity index (χ1) is 14.1. The van der Waals surface area contributed by atoms with Crippen molar-refractivity contribution < 1.29 is 28.6 Å². The van der Waals surface area contributed by atoms with Crippen LogP contribution in [-0.4, -0.2) is 48.5 Å². The van der Waals surface area contributed by atoms with Crippen LogP contribution in [0, 0.1) is 0 Å². The van der Waals surface area contributed by atoms with Crippen molar-refractivity contribution in [1.29, 1.82) is 0 Å². The molecule has 29 heavy (non-hydrogen) atoms. The second kappa shape index (κ2) is 9.78. The number of thioether (sulfide) groups is 1. The van der Waals surface area contributed by atoms with Gasteiger partial charge in [-0.1, -0.05) is 11.8 Å². The van der Waals surface area contributed by atoms with Crippen molar-refractivity contribution in [1.82, 2.24) is 10.3 Å². The largest absolute Gasteiger partial charge is 0.454 e. The molecule has 0 atom stereocenters. The third kappa shape index (κ3) is 5.61. The molecule has 0 unspecified atom stereocenters. The summed E-state index contributed by atoms with van der Waals surface area (Å²) in [6.07, 6.45) is 1.51. The van der Waals surface area contributed by atoms with Gasteiger partial charge in [-0.3, -0.25) is 9.59 Å². The van der Waals surface area contributed by atoms with Gasteiger partial charge in [-0.05, 0) is 31.2 Å². The predicted octanol–water partition coefficient (Wildman–Crippen LogP) is 1.83. The molecule has 0 fully saturated rings. The Morgan fingerprint density at radius 2 is 2.00 bits per heavy atom. The lowest BCUT2D eigenvalue weighted by molar-refractivity contribution is -0.124. The summed E-state index contributed by atoms with van der Waals surface area (Å²) in [5.74, 6) is -0.118. The van der Waals surface area contributed by atoms with Gasteiger partial charge in [0, 0.05) is 24.5 Å². The van der Waals surface area contributed by atoms with Crippen LogP contribution in [0.1, 0.15) is 17.3 Å². The number of likely N-dealkylation sites (N-methyl/N-ethyl adjacent to an activating group) is 1. The van der Waals surface area contributed by atoms with E-state index < -0.39 is 5.97 Å². The number of esters is 1. The van der Waals surface area contributed by atoms with E-state index in [1.54, 1.807) is 31.2 Å². The average Bonchev–Trinajstić information content (AvgIpc) is 3.19. The van der Waals surface area contributed by atoms with Crippen molar-refractivity contribution in [3.63, 3.8) is 0 Å². The van der Waals surface area contributed by atoms with E-state index in [-0.39, 0.29) is 36.5 Å². The number of hydrogen-bond donors (Lipinski definition) is 2. The molecule has 1 aromatic heterocycles. The third-order valence-electron chi connectivity index (χ3n) is 3.70. The van der Waals surface area contributed by atoms with Crippen molar-refractivity contribution in [2.24, 2.45) is 0 Å². The Bertz CT molecular complexity index is 921. The summed E-state index contributed by atoms with van der Waals surface area (Å²) in [4.78, 5) is 40.1. The highest BCUT2D eigenvalue weighted by Gasteiger charge is 2.18. The summed E-state index contributed by atoms with van der Waals surface area (Å²) in [6.45, 7) is 1.99. The molecule has 2 heterocycles. The molecule has 0 saturated heterocycles. The Morgan fingerprint density at radius 3 is 2.83 bits per heavy atom. The smallest absolute Gasteiger partial charge is 0.341 e. The molecular formula is C19H19N3O6S. The normalized spacial score (nSPS) is 11.6. The van der Waals surface area contributed by atoms with Crippen molar-refractivity contribution in [3.8, 4) is 11.5 Å². The van der Waals surface area contributed by atoms with Crippen LogP contribution in [-0.2, 0) is 14.3 Å². The van der Waals surface area contributed by atoms with Gasteiger partial charge in [0.15, 0.2) is 18.1 Å². The zero-order valence-electron chi connectivity index (χ0n) is 15.6. The fourth-order valence-electron chi connectivity index (χ4n) is 2.42. The first-order valence-electron chi connectivity index (χ1n) is 8.78. The maximum absolute atomic E-state index is 12.3. The molecular weight excluding hydrogens is 398 g/mol. The van der Waals surface area contributed by atoms with Gasteiger partial charge in [0.1, 0.15) is 5.03 Å². The minimum atomic E-state index is -0.678. The van der Waals surface area contributed by atoms with Gasteiger partial charge >= 0.3 is 5.97 Å². The highest BCUT2D eigenvalue weighted by Crippen LogP contribution is 2.34. The van der Waals surface area contributed by atoms with Crippen LogP contribution in [0.4, 0.5) is 5.69 Å². The van der Waals surface area contributed by atoms with Crippen molar-refractivity contribution >= 4 is 35.2 Å². The zero-order valence-corrected chi connectivity index (χ0v) is 16.4. The van der Waals surface area contributed by atoms with Gasteiger partial charge in [0.05, 0.1) is 11.3 Å². The number of benzene rings is 1. The molecule has 9 nitrogen and oxygen atoms in total. The van der Waals surface area contributed by atoms with Crippen LogP contribution in [0.3, 0.4) is 0 Å². The van der Waals surface area contributed by atoms with Gasteiger partial charge in [-0.15, -0.1) is 0 Å². The molecule has 0 saturated carbocycles. The fraction of sp³-hybridized carbons (Fsp3) is 0.263. The van der Waals surface area contributed by atoms with Crippen LogP contribution >= 0.6 is 11.8 Å². The molecule has 1 aromatic carbocycles. The topological polar surface area (TPSA) is 116 Å². The number of carbonyl (C=O) groups is 3. The minimum absolute atomic E-state index is 0.0298. The maximum Gasteiger partial charge on any atom is 0.341 e. The Labute approximate surface area is 171 Å². The molecule has 0 radical (unpaired) electrons. The van der Waals surface area contributed by atoms with E-state index >= 15 is 0 Å². The van der Waals surface area contributed by atoms with Gasteiger partial charge in [0.25, 0.3) is 5.91 Å². The Balaban J connectivity index is 1.55. The predicted molar refractivity (Wildman–Crippen MR) is 105 cm³/mol. The highest BCUT2D eigenvalue weighted by atomic mass is 32.2. The monoisotopic (exact) mass is 417 g/mol. The molecule has 2 aromatic rings. The maximum atomic E-state index is 12.3. The van der Waals surface area contributed by atoms with E-state index in [0.717, 1.165) is 11.8 Å². The van der Waals surface area contributed by atoms with Crippen LogP contribution in [0.5, 0.6) is 11.5 Å². The Morgan fingerprint density at radius 1 is 1.17 bits per heavy atom. The third-order valence-corrected chi connectivity index (χ3v) is 4.70. The number of hydrogen-bond acceptors (Lipinski definition) is 8. The Kier molecular flexibility index (Phi) is 6.90. The highest BCUT2D eigenvalue weighted by molar-refractivity contribution is 8.00. The number of aromatic nitrogens is 1. The van der Waals surface area contributed by atoms with Crippen molar-refractivity contribution in [3.05, 3.63) is 42.1 Å². The molecule has 0 spiro atoms. The molecule has 2 N–H and O–H groups in total. The van der Waals surface area contributed by atoms with Crippen LogP contribution < -0.4 is 20.1 Å². The second-order valence-electron chi connectivity index (χ2n) is 5.79. The number of rotatable bonds is 8. The number of ether oxygens (including phenoxy) is 3. The molecule has 0 aliphatic carbocycles. The average molecular weight is 417 g/mol.